The van der Waals surface area contributed by atoms with E-state index in [4.69, 9.17) is 9.47 Å². The van der Waals surface area contributed by atoms with Gasteiger partial charge in [-0.1, -0.05) is 6.07 Å². The molecule has 4 heterocycles. The predicted molar refractivity (Wildman–Crippen MR) is 93.9 cm³/mol. The Morgan fingerprint density at radius 3 is 2.46 bits per heavy atom. The molecule has 3 aliphatic rings. The third-order valence-electron chi connectivity index (χ3n) is 5.72. The Hall–Kier alpha value is -2.78. The summed E-state index contributed by atoms with van der Waals surface area (Å²) in [7, 11) is 0. The number of aromatic amines is 1. The number of H-pyrrole nitrogens is 1. The maximum Gasteiger partial charge on any atom is 0.260 e. The fraction of sp³-hybridized carbons (Fsp3) is 0.421. The van der Waals surface area contributed by atoms with Crippen LogP contribution in [0.25, 0.3) is 0 Å². The summed E-state index contributed by atoms with van der Waals surface area (Å²) < 4.78 is 24.8. The Morgan fingerprint density at radius 1 is 1.04 bits per heavy atom. The van der Waals surface area contributed by atoms with E-state index in [1.54, 1.807) is 9.80 Å². The van der Waals surface area contributed by atoms with Gasteiger partial charge in [0.1, 0.15) is 5.56 Å². The number of fused-ring (bicyclic) bond motifs is 2. The van der Waals surface area contributed by atoms with Crippen LogP contribution in [-0.2, 0) is 22.7 Å². The molecule has 2 fully saturated rings. The number of piperazine rings is 1. The van der Waals surface area contributed by atoms with Gasteiger partial charge in [0.2, 0.25) is 5.95 Å². The summed E-state index contributed by atoms with van der Waals surface area (Å²) >= 11 is 0. The molecule has 9 heteroatoms. The first-order chi connectivity index (χ1) is 13.6. The molecule has 1 N–H and O–H groups in total. The molecule has 0 bridgehead atoms. The van der Waals surface area contributed by atoms with E-state index >= 15 is 0 Å². The number of nitrogens with zero attached hydrogens (tertiary/aromatic N) is 3. The van der Waals surface area contributed by atoms with E-state index in [1.165, 1.54) is 6.20 Å². The lowest BCUT2D eigenvalue weighted by atomic mass is 10.0. The van der Waals surface area contributed by atoms with Crippen molar-refractivity contribution in [1.82, 2.24) is 20.0 Å². The third kappa shape index (κ3) is 2.70. The number of hydrogen-bond donors (Lipinski definition) is 1. The molecular formula is C19H19FN4O4. The van der Waals surface area contributed by atoms with Crippen molar-refractivity contribution in [3.05, 3.63) is 52.6 Å². The summed E-state index contributed by atoms with van der Waals surface area (Å²) in [5, 5.41) is 5.73. The number of halogens is 1. The second-order valence-electron chi connectivity index (χ2n) is 7.24. The monoisotopic (exact) mass is 386 g/mol. The highest BCUT2D eigenvalue weighted by molar-refractivity contribution is 5.96. The van der Waals surface area contributed by atoms with Gasteiger partial charge < -0.3 is 19.3 Å². The largest absolute Gasteiger partial charge is 0.377 e. The van der Waals surface area contributed by atoms with Gasteiger partial charge in [-0.05, 0) is 23.3 Å². The maximum absolute atomic E-state index is 13.8. The average molecular weight is 386 g/mol. The Balaban J connectivity index is 1.38. The third-order valence-corrected chi connectivity index (χ3v) is 5.72. The van der Waals surface area contributed by atoms with Crippen LogP contribution in [0.15, 0.2) is 24.4 Å². The quantitative estimate of drug-likeness (QED) is 0.830. The van der Waals surface area contributed by atoms with E-state index in [0.717, 1.165) is 11.1 Å². The van der Waals surface area contributed by atoms with Crippen LogP contribution in [0.1, 0.15) is 31.8 Å². The first-order valence-electron chi connectivity index (χ1n) is 9.21. The molecule has 28 heavy (non-hydrogen) atoms. The molecule has 2 amide bonds. The molecule has 3 aliphatic heterocycles. The summed E-state index contributed by atoms with van der Waals surface area (Å²) in [5.41, 5.74) is 2.66. The van der Waals surface area contributed by atoms with Crippen LogP contribution in [0.2, 0.25) is 0 Å². The minimum absolute atomic E-state index is 0.0863. The Labute approximate surface area is 160 Å². The Bertz CT molecular complexity index is 946. The van der Waals surface area contributed by atoms with Gasteiger partial charge >= 0.3 is 0 Å². The molecule has 0 saturated carbocycles. The second kappa shape index (κ2) is 6.68. The molecule has 0 unspecified atom stereocenters. The average Bonchev–Trinajstić information content (AvgIpc) is 3.45. The van der Waals surface area contributed by atoms with E-state index in [0.29, 0.717) is 45.1 Å². The van der Waals surface area contributed by atoms with Gasteiger partial charge in [-0.3, -0.25) is 14.7 Å². The molecule has 8 nitrogen and oxygen atoms in total. The highest BCUT2D eigenvalue weighted by atomic mass is 19.1. The lowest BCUT2D eigenvalue weighted by Crippen LogP contribution is -2.62. The molecule has 2 saturated heterocycles. The fourth-order valence-corrected chi connectivity index (χ4v) is 4.22. The zero-order valence-electron chi connectivity index (χ0n) is 15.1. The van der Waals surface area contributed by atoms with Gasteiger partial charge in [0.05, 0.1) is 44.7 Å². The Morgan fingerprint density at radius 2 is 1.75 bits per heavy atom. The van der Waals surface area contributed by atoms with E-state index in [-0.39, 0.29) is 23.6 Å². The number of carbonyl (C=O) groups is 2. The molecule has 0 aliphatic carbocycles. The minimum Gasteiger partial charge on any atom is -0.377 e. The number of aromatic nitrogens is 2. The van der Waals surface area contributed by atoms with Crippen LogP contribution < -0.4 is 0 Å². The minimum atomic E-state index is -0.751. The first-order valence-corrected chi connectivity index (χ1v) is 9.21. The van der Waals surface area contributed by atoms with Gasteiger partial charge in [0.25, 0.3) is 11.8 Å². The first kappa shape index (κ1) is 17.3. The van der Waals surface area contributed by atoms with Crippen LogP contribution in [-0.4, -0.2) is 70.2 Å². The van der Waals surface area contributed by atoms with Crippen molar-refractivity contribution < 1.29 is 23.5 Å². The SMILES string of the molecule is O=C(c1ccc2c(c1)COC2)N1CCN(C(=O)c2cn[nH]c2F)[C@H]2COC[C@H]21. The molecule has 146 valence electrons. The van der Waals surface area contributed by atoms with Gasteiger partial charge in [-0.25, -0.2) is 0 Å². The normalized spacial score (nSPS) is 23.6. The van der Waals surface area contributed by atoms with Crippen LogP contribution >= 0.6 is 0 Å². The lowest BCUT2D eigenvalue weighted by Gasteiger charge is -2.43. The summed E-state index contributed by atoms with van der Waals surface area (Å²) in [5.74, 6) is -1.27. The predicted octanol–water partition coefficient (Wildman–Crippen LogP) is 0.945. The van der Waals surface area contributed by atoms with E-state index in [1.807, 2.05) is 18.2 Å². The van der Waals surface area contributed by atoms with Gasteiger partial charge in [-0.15, -0.1) is 0 Å². The number of hydrogen-bond acceptors (Lipinski definition) is 5. The molecular weight excluding hydrogens is 367 g/mol. The van der Waals surface area contributed by atoms with Crippen molar-refractivity contribution in [1.29, 1.82) is 0 Å². The van der Waals surface area contributed by atoms with Crippen LogP contribution in [0.4, 0.5) is 4.39 Å². The molecule has 1 aromatic carbocycles. The van der Waals surface area contributed by atoms with Gasteiger partial charge in [0, 0.05) is 18.7 Å². The maximum atomic E-state index is 13.8. The number of nitrogens with one attached hydrogen (secondary N) is 1. The highest BCUT2D eigenvalue weighted by Crippen LogP contribution is 2.28. The van der Waals surface area contributed by atoms with Crippen molar-refractivity contribution >= 4 is 11.8 Å². The number of benzene rings is 1. The molecule has 5 rings (SSSR count). The summed E-state index contributed by atoms with van der Waals surface area (Å²) in [6.45, 7) is 2.44. The van der Waals surface area contributed by atoms with Crippen LogP contribution in [0.3, 0.4) is 0 Å². The smallest absolute Gasteiger partial charge is 0.260 e. The van der Waals surface area contributed by atoms with Crippen LogP contribution in [0.5, 0.6) is 0 Å². The number of ether oxygens (including phenoxy) is 2. The van der Waals surface area contributed by atoms with Crippen molar-refractivity contribution in [3.63, 3.8) is 0 Å². The lowest BCUT2D eigenvalue weighted by molar-refractivity contribution is 0.0278. The van der Waals surface area contributed by atoms with E-state index < -0.39 is 11.9 Å². The highest BCUT2D eigenvalue weighted by Gasteiger charge is 2.45. The zero-order valence-corrected chi connectivity index (χ0v) is 15.1. The van der Waals surface area contributed by atoms with Crippen molar-refractivity contribution in [2.75, 3.05) is 26.3 Å². The zero-order chi connectivity index (χ0) is 19.3. The summed E-state index contributed by atoms with van der Waals surface area (Å²) in [6, 6.07) is 5.06. The second-order valence-corrected chi connectivity index (χ2v) is 7.24. The Kier molecular flexibility index (Phi) is 4.13. The molecule has 2 atom stereocenters. The van der Waals surface area contributed by atoms with Crippen molar-refractivity contribution in [3.8, 4) is 0 Å². The number of rotatable bonds is 2. The molecule has 2 aromatic rings. The summed E-state index contributed by atoms with van der Waals surface area (Å²) in [4.78, 5) is 29.3. The van der Waals surface area contributed by atoms with Gasteiger partial charge in [-0.2, -0.15) is 9.49 Å². The van der Waals surface area contributed by atoms with Gasteiger partial charge in [0.15, 0.2) is 0 Å². The van der Waals surface area contributed by atoms with Crippen molar-refractivity contribution in [2.45, 2.75) is 25.3 Å². The fourth-order valence-electron chi connectivity index (χ4n) is 4.22. The molecule has 1 aromatic heterocycles. The van der Waals surface area contributed by atoms with E-state index in [9.17, 15) is 14.0 Å². The number of carbonyl (C=O) groups excluding carboxylic acids is 2. The standard InChI is InChI=1S/C19H19FN4O4/c20-17-14(6-21-22-17)19(26)24-4-3-23(15-9-28-10-16(15)24)18(25)11-1-2-12-7-27-8-13(12)5-11/h1-2,5-6,15-16H,3-4,7-10H2,(H,21,22)/t15-,16+/m1/s1. The summed E-state index contributed by atoms with van der Waals surface area (Å²) in [6.07, 6.45) is 1.19. The topological polar surface area (TPSA) is 87.8 Å². The van der Waals surface area contributed by atoms with Crippen molar-refractivity contribution in [2.24, 2.45) is 0 Å². The van der Waals surface area contributed by atoms with Crippen LogP contribution in [0, 0.1) is 5.95 Å². The molecule has 0 radical (unpaired) electrons. The van der Waals surface area contributed by atoms with E-state index in [2.05, 4.69) is 10.2 Å². The molecule has 0 spiro atoms. The number of amides is 2.